The highest BCUT2D eigenvalue weighted by Gasteiger charge is 2.14. The predicted octanol–water partition coefficient (Wildman–Crippen LogP) is 3.30. The molecule has 24 heavy (non-hydrogen) atoms. The third-order valence-corrected chi connectivity index (χ3v) is 4.38. The molecule has 0 radical (unpaired) electrons. The van der Waals surface area contributed by atoms with Crippen LogP contribution in [0.1, 0.15) is 18.9 Å². The number of allylic oxidation sites excluding steroid dienone is 2. The maximum Gasteiger partial charge on any atom is 0.0523 e. The Balaban J connectivity index is 2.52. The highest BCUT2D eigenvalue weighted by Crippen LogP contribution is 2.21. The van der Waals surface area contributed by atoms with Gasteiger partial charge < -0.3 is 15.2 Å². The van der Waals surface area contributed by atoms with Crippen LogP contribution in [0.5, 0.6) is 0 Å². The van der Waals surface area contributed by atoms with E-state index in [2.05, 4.69) is 60.2 Å². The van der Waals surface area contributed by atoms with Gasteiger partial charge in [0, 0.05) is 46.4 Å². The second kappa shape index (κ2) is 7.73. The van der Waals surface area contributed by atoms with E-state index < -0.39 is 0 Å². The zero-order chi connectivity index (χ0) is 17.7. The van der Waals surface area contributed by atoms with Crippen LogP contribution in [0.3, 0.4) is 0 Å². The van der Waals surface area contributed by atoms with Gasteiger partial charge in [0.1, 0.15) is 0 Å². The summed E-state index contributed by atoms with van der Waals surface area (Å²) in [7, 11) is 1.90. The van der Waals surface area contributed by atoms with E-state index in [4.69, 9.17) is 0 Å². The zero-order valence-corrected chi connectivity index (χ0v) is 14.6. The van der Waals surface area contributed by atoms with Crippen molar-refractivity contribution in [1.82, 2.24) is 9.88 Å². The summed E-state index contributed by atoms with van der Waals surface area (Å²) in [6.45, 7) is 21.1. The summed E-state index contributed by atoms with van der Waals surface area (Å²) in [5, 5.41) is 10.6. The number of nitrogens with zero attached hydrogens (tertiary/aromatic N) is 1. The van der Waals surface area contributed by atoms with Crippen molar-refractivity contribution in [2.45, 2.75) is 18.9 Å². The fourth-order valence-electron chi connectivity index (χ4n) is 3.05. The Morgan fingerprint density at radius 3 is 2.62 bits per heavy atom. The summed E-state index contributed by atoms with van der Waals surface area (Å²) in [6, 6.07) is 6.33. The maximum absolute atomic E-state index is 4.33. The van der Waals surface area contributed by atoms with Crippen LogP contribution < -0.4 is 21.3 Å². The first-order valence-corrected chi connectivity index (χ1v) is 8.18. The Labute approximate surface area is 144 Å². The normalized spacial score (nSPS) is 11.9. The van der Waals surface area contributed by atoms with Gasteiger partial charge in [0.25, 0.3) is 0 Å². The first kappa shape index (κ1) is 17.7. The first-order valence-electron chi connectivity index (χ1n) is 8.18. The van der Waals surface area contributed by atoms with Crippen LogP contribution in [0.4, 0.5) is 5.69 Å². The maximum atomic E-state index is 4.33. The van der Waals surface area contributed by atoms with E-state index in [1.807, 2.05) is 25.3 Å². The van der Waals surface area contributed by atoms with Crippen molar-refractivity contribution in [2.24, 2.45) is 0 Å². The van der Waals surface area contributed by atoms with Gasteiger partial charge in [-0.2, -0.15) is 0 Å². The molecule has 1 unspecified atom stereocenters. The molecule has 0 fully saturated rings. The molecule has 1 atom stereocenters. The molecule has 1 heterocycles. The molecule has 0 aliphatic carbocycles. The van der Waals surface area contributed by atoms with Gasteiger partial charge in [-0.1, -0.05) is 44.0 Å². The molecule has 0 amide bonds. The molecule has 0 aliphatic heterocycles. The average molecular weight is 321 g/mol. The molecule has 0 bridgehead atoms. The lowest BCUT2D eigenvalue weighted by Crippen LogP contribution is -2.29. The van der Waals surface area contributed by atoms with Crippen molar-refractivity contribution >= 4 is 29.6 Å². The van der Waals surface area contributed by atoms with Crippen LogP contribution in [0, 0.1) is 0 Å². The van der Waals surface area contributed by atoms with Crippen LogP contribution in [0.15, 0.2) is 55.8 Å². The van der Waals surface area contributed by atoms with E-state index in [-0.39, 0.29) is 6.04 Å². The molecule has 1 aromatic carbocycles. The summed E-state index contributed by atoms with van der Waals surface area (Å²) in [5.74, 6) is 0. The minimum absolute atomic E-state index is 0.134. The quantitative estimate of drug-likeness (QED) is 0.694. The monoisotopic (exact) mass is 321 g/mol. The van der Waals surface area contributed by atoms with Crippen LogP contribution in [0.25, 0.3) is 23.9 Å². The van der Waals surface area contributed by atoms with Gasteiger partial charge in [0.05, 0.1) is 6.04 Å². The molecule has 2 aromatic rings. The van der Waals surface area contributed by atoms with E-state index in [0.29, 0.717) is 6.54 Å². The van der Waals surface area contributed by atoms with Crippen molar-refractivity contribution in [2.75, 3.05) is 18.9 Å². The fourth-order valence-corrected chi connectivity index (χ4v) is 3.05. The summed E-state index contributed by atoms with van der Waals surface area (Å²) < 4.78 is 2.18. The van der Waals surface area contributed by atoms with Gasteiger partial charge in [-0.15, -0.1) is 13.2 Å². The molecule has 2 N–H and O–H groups in total. The van der Waals surface area contributed by atoms with E-state index in [1.54, 1.807) is 0 Å². The molecule has 126 valence electrons. The number of hydrogen-bond donors (Lipinski definition) is 2. The van der Waals surface area contributed by atoms with Crippen molar-refractivity contribution in [3.63, 3.8) is 0 Å². The van der Waals surface area contributed by atoms with Crippen molar-refractivity contribution in [3.05, 3.63) is 66.5 Å². The Bertz CT molecular complexity index is 857. The smallest absolute Gasteiger partial charge is 0.0523 e. The molecule has 2 rings (SSSR count). The van der Waals surface area contributed by atoms with Gasteiger partial charge in [0.2, 0.25) is 0 Å². The standard InChI is InChI=1S/C21H27N3/c1-7-14-23-20-11-9-10-19-16(4)24(17(5)21(19)20)18(8-2)13-12-15(3)22-6/h7-11,18,22-23H,1-5,12-14H2,6H3. The molecule has 3 nitrogen and oxygen atoms in total. The number of fused-ring (bicyclic) bond motifs is 1. The number of aromatic nitrogens is 1. The van der Waals surface area contributed by atoms with E-state index in [9.17, 15) is 0 Å². The highest BCUT2D eigenvalue weighted by atomic mass is 15.0. The van der Waals surface area contributed by atoms with Gasteiger partial charge >= 0.3 is 0 Å². The Morgan fingerprint density at radius 1 is 1.25 bits per heavy atom. The van der Waals surface area contributed by atoms with Gasteiger partial charge in [-0.05, 0) is 18.9 Å². The molecule has 0 saturated heterocycles. The summed E-state index contributed by atoms with van der Waals surface area (Å²) in [5.41, 5.74) is 2.08. The molecule has 1 aromatic heterocycles. The summed E-state index contributed by atoms with van der Waals surface area (Å²) in [4.78, 5) is 0. The second-order valence-electron chi connectivity index (χ2n) is 5.86. The van der Waals surface area contributed by atoms with Gasteiger partial charge in [0.15, 0.2) is 0 Å². The lowest BCUT2D eigenvalue weighted by Gasteiger charge is -2.17. The minimum Gasteiger partial charge on any atom is -0.392 e. The van der Waals surface area contributed by atoms with Crippen molar-refractivity contribution in [1.29, 1.82) is 0 Å². The minimum atomic E-state index is 0.134. The van der Waals surface area contributed by atoms with Gasteiger partial charge in [-0.25, -0.2) is 0 Å². The molecule has 0 saturated carbocycles. The zero-order valence-electron chi connectivity index (χ0n) is 14.6. The predicted molar refractivity (Wildman–Crippen MR) is 108 cm³/mol. The Hall–Kier alpha value is -2.68. The molecule has 0 aliphatic rings. The lowest BCUT2D eigenvalue weighted by molar-refractivity contribution is 0.535. The summed E-state index contributed by atoms with van der Waals surface area (Å²) >= 11 is 0. The average Bonchev–Trinajstić information content (AvgIpc) is 2.85. The number of benzene rings is 1. The Kier molecular flexibility index (Phi) is 5.69. The Morgan fingerprint density at radius 2 is 2.00 bits per heavy atom. The topological polar surface area (TPSA) is 29.0 Å². The molecular weight excluding hydrogens is 294 g/mol. The van der Waals surface area contributed by atoms with E-state index in [1.165, 1.54) is 0 Å². The van der Waals surface area contributed by atoms with Crippen LogP contribution in [-0.2, 0) is 0 Å². The third kappa shape index (κ3) is 3.30. The number of rotatable bonds is 9. The fraction of sp³-hybridized carbons (Fsp3) is 0.238. The van der Waals surface area contributed by atoms with E-state index >= 15 is 0 Å². The van der Waals surface area contributed by atoms with Crippen LogP contribution in [0.2, 0.25) is 0 Å². The number of nitrogens with one attached hydrogen (secondary N) is 2. The van der Waals surface area contributed by atoms with Crippen LogP contribution in [-0.4, -0.2) is 18.2 Å². The first-order chi connectivity index (χ1) is 11.5. The number of anilines is 1. The SMILES string of the molecule is C=CCNc1cccc2c(=C)n(C(C=C)CCC(=C)NC)c(=C)c12. The second-order valence-corrected chi connectivity index (χ2v) is 5.86. The van der Waals surface area contributed by atoms with Crippen LogP contribution >= 0.6 is 0 Å². The third-order valence-electron chi connectivity index (χ3n) is 4.38. The van der Waals surface area contributed by atoms with Gasteiger partial charge in [-0.3, -0.25) is 0 Å². The van der Waals surface area contributed by atoms with Crippen molar-refractivity contribution in [3.8, 4) is 0 Å². The summed E-state index contributed by atoms with van der Waals surface area (Å²) in [6.07, 6.45) is 5.59. The number of hydrogen-bond acceptors (Lipinski definition) is 2. The van der Waals surface area contributed by atoms with E-state index in [0.717, 1.165) is 45.7 Å². The largest absolute Gasteiger partial charge is 0.392 e. The molecular formula is C21H27N3. The molecule has 0 spiro atoms. The lowest BCUT2D eigenvalue weighted by atomic mass is 10.1. The molecule has 3 heteroatoms. The van der Waals surface area contributed by atoms with Crippen molar-refractivity contribution < 1.29 is 0 Å². The highest BCUT2D eigenvalue weighted by molar-refractivity contribution is 5.94.